The summed E-state index contributed by atoms with van der Waals surface area (Å²) in [5.41, 5.74) is 0. The first-order chi connectivity index (χ1) is 6.22. The third-order valence-electron chi connectivity index (χ3n) is 1.16. The van der Waals surface area contributed by atoms with Gasteiger partial charge in [-0.2, -0.15) is 4.98 Å². The van der Waals surface area contributed by atoms with Crippen LogP contribution >= 0.6 is 0 Å². The Hall–Kier alpha value is -2.05. The highest BCUT2D eigenvalue weighted by Crippen LogP contribution is 1.99. The van der Waals surface area contributed by atoms with Crippen LogP contribution in [0, 0.1) is 5.41 Å². The SMILES string of the molecule is CNC(=N)NC(=O)Nc1cocn1. The monoisotopic (exact) mass is 183 g/mol. The Morgan fingerprint density at radius 3 is 3.00 bits per heavy atom. The summed E-state index contributed by atoms with van der Waals surface area (Å²) in [4.78, 5) is 14.7. The van der Waals surface area contributed by atoms with Crippen molar-refractivity contribution in [1.82, 2.24) is 15.6 Å². The van der Waals surface area contributed by atoms with Crippen molar-refractivity contribution >= 4 is 17.8 Å². The molecule has 0 aliphatic carbocycles. The summed E-state index contributed by atoms with van der Waals surface area (Å²) in [6, 6.07) is -0.548. The highest BCUT2D eigenvalue weighted by Gasteiger charge is 2.04. The maximum atomic E-state index is 11.0. The average Bonchev–Trinajstić information content (AvgIpc) is 2.56. The molecule has 0 fully saturated rings. The highest BCUT2D eigenvalue weighted by atomic mass is 16.3. The molecule has 0 saturated heterocycles. The van der Waals surface area contributed by atoms with E-state index in [0.717, 1.165) is 0 Å². The van der Waals surface area contributed by atoms with Gasteiger partial charge in [0.15, 0.2) is 18.2 Å². The predicted octanol–water partition coefficient (Wildman–Crippen LogP) is -0.0497. The Kier molecular flexibility index (Phi) is 2.85. The fourth-order valence-electron chi connectivity index (χ4n) is 0.598. The van der Waals surface area contributed by atoms with Gasteiger partial charge >= 0.3 is 6.03 Å². The molecule has 1 heterocycles. The van der Waals surface area contributed by atoms with Crippen molar-refractivity contribution in [2.75, 3.05) is 12.4 Å². The summed E-state index contributed by atoms with van der Waals surface area (Å²) in [6.07, 6.45) is 2.47. The van der Waals surface area contributed by atoms with Crippen LogP contribution in [0.2, 0.25) is 0 Å². The van der Waals surface area contributed by atoms with Crippen molar-refractivity contribution in [2.45, 2.75) is 0 Å². The van der Waals surface area contributed by atoms with Gasteiger partial charge in [0, 0.05) is 7.05 Å². The minimum atomic E-state index is -0.548. The molecule has 70 valence electrons. The van der Waals surface area contributed by atoms with Crippen molar-refractivity contribution in [3.8, 4) is 0 Å². The Bertz CT molecular complexity index is 294. The number of nitrogens with one attached hydrogen (secondary N) is 4. The molecular weight excluding hydrogens is 174 g/mol. The number of guanidine groups is 1. The van der Waals surface area contributed by atoms with Gasteiger partial charge in [-0.3, -0.25) is 16.0 Å². The first-order valence-corrected chi connectivity index (χ1v) is 3.45. The Morgan fingerprint density at radius 1 is 1.69 bits per heavy atom. The van der Waals surface area contributed by atoms with E-state index in [9.17, 15) is 4.79 Å². The Morgan fingerprint density at radius 2 is 2.46 bits per heavy atom. The molecule has 7 nitrogen and oxygen atoms in total. The minimum absolute atomic E-state index is 0.0963. The standard InChI is InChI=1S/C6H9N5O2/c1-8-5(7)11-6(12)10-4-2-13-3-9-4/h2-3H,1H3,(H4,7,8,10,11,12). The molecule has 7 heteroatoms. The van der Waals surface area contributed by atoms with Crippen LogP contribution in [0.4, 0.5) is 10.6 Å². The molecule has 13 heavy (non-hydrogen) atoms. The summed E-state index contributed by atoms with van der Waals surface area (Å²) in [7, 11) is 1.53. The normalized spacial score (nSPS) is 9.00. The first kappa shape index (κ1) is 9.04. The number of aromatic nitrogens is 1. The molecule has 0 aromatic carbocycles. The van der Waals surface area contributed by atoms with Crippen LogP contribution < -0.4 is 16.0 Å². The second kappa shape index (κ2) is 4.10. The fraction of sp³-hybridized carbons (Fsp3) is 0.167. The largest absolute Gasteiger partial charge is 0.449 e. The van der Waals surface area contributed by atoms with E-state index in [0.29, 0.717) is 5.82 Å². The number of urea groups is 1. The van der Waals surface area contributed by atoms with Crippen LogP contribution in [0.5, 0.6) is 0 Å². The maximum absolute atomic E-state index is 11.0. The molecule has 0 saturated carbocycles. The molecule has 1 rings (SSSR count). The van der Waals surface area contributed by atoms with Gasteiger partial charge in [-0.1, -0.05) is 0 Å². The van der Waals surface area contributed by atoms with Crippen LogP contribution in [0.3, 0.4) is 0 Å². The lowest BCUT2D eigenvalue weighted by Gasteiger charge is -2.04. The van der Waals surface area contributed by atoms with Gasteiger partial charge in [0.25, 0.3) is 0 Å². The van der Waals surface area contributed by atoms with E-state index in [4.69, 9.17) is 5.41 Å². The third kappa shape index (κ3) is 2.81. The molecule has 4 N–H and O–H groups in total. The second-order valence-corrected chi connectivity index (χ2v) is 2.08. The number of rotatable bonds is 1. The van der Waals surface area contributed by atoms with E-state index in [-0.39, 0.29) is 5.96 Å². The number of nitrogens with zero attached hydrogens (tertiary/aromatic N) is 1. The van der Waals surface area contributed by atoms with Gasteiger partial charge in [0.05, 0.1) is 0 Å². The first-order valence-electron chi connectivity index (χ1n) is 3.45. The van der Waals surface area contributed by atoms with Crippen molar-refractivity contribution in [3.63, 3.8) is 0 Å². The number of hydrogen-bond donors (Lipinski definition) is 4. The van der Waals surface area contributed by atoms with Gasteiger partial charge in [-0.15, -0.1) is 0 Å². The predicted molar refractivity (Wildman–Crippen MR) is 45.4 cm³/mol. The van der Waals surface area contributed by atoms with Crippen LogP contribution in [0.25, 0.3) is 0 Å². The van der Waals surface area contributed by atoms with E-state index in [2.05, 4.69) is 25.4 Å². The summed E-state index contributed by atoms with van der Waals surface area (Å²) >= 11 is 0. The zero-order valence-electron chi connectivity index (χ0n) is 6.92. The topological polar surface area (TPSA) is 103 Å². The molecule has 1 aromatic rings. The molecule has 0 unspecified atom stereocenters. The van der Waals surface area contributed by atoms with Crippen LogP contribution in [0.15, 0.2) is 17.1 Å². The number of anilines is 1. The van der Waals surface area contributed by atoms with E-state index in [1.54, 1.807) is 0 Å². The van der Waals surface area contributed by atoms with Crippen molar-refractivity contribution in [1.29, 1.82) is 5.41 Å². The molecule has 0 aliphatic rings. The van der Waals surface area contributed by atoms with Crippen LogP contribution in [-0.2, 0) is 0 Å². The van der Waals surface area contributed by atoms with Crippen LogP contribution in [0.1, 0.15) is 0 Å². The lowest BCUT2D eigenvalue weighted by atomic mass is 10.7. The lowest BCUT2D eigenvalue weighted by Crippen LogP contribution is -2.40. The lowest BCUT2D eigenvalue weighted by molar-refractivity contribution is 0.255. The third-order valence-corrected chi connectivity index (χ3v) is 1.16. The van der Waals surface area contributed by atoms with Gasteiger partial charge in [0.2, 0.25) is 0 Å². The fourth-order valence-corrected chi connectivity index (χ4v) is 0.598. The molecule has 1 aromatic heterocycles. The summed E-state index contributed by atoms with van der Waals surface area (Å²) < 4.78 is 4.62. The summed E-state index contributed by atoms with van der Waals surface area (Å²) in [5, 5.41) is 14.1. The number of amides is 2. The van der Waals surface area contributed by atoms with E-state index in [1.807, 2.05) is 0 Å². The van der Waals surface area contributed by atoms with E-state index >= 15 is 0 Å². The molecule has 0 spiro atoms. The number of carbonyl (C=O) groups excluding carboxylic acids is 1. The van der Waals surface area contributed by atoms with Gasteiger partial charge in [0.1, 0.15) is 6.26 Å². The molecule has 0 radical (unpaired) electrons. The number of hydrogen-bond acceptors (Lipinski definition) is 4. The summed E-state index contributed by atoms with van der Waals surface area (Å²) in [6.45, 7) is 0. The molecule has 0 atom stereocenters. The summed E-state index contributed by atoms with van der Waals surface area (Å²) in [5.74, 6) is 0.197. The smallest absolute Gasteiger partial charge is 0.327 e. The van der Waals surface area contributed by atoms with Crippen molar-refractivity contribution < 1.29 is 9.21 Å². The van der Waals surface area contributed by atoms with Crippen molar-refractivity contribution in [2.24, 2.45) is 0 Å². The van der Waals surface area contributed by atoms with E-state index < -0.39 is 6.03 Å². The molecule has 0 aliphatic heterocycles. The van der Waals surface area contributed by atoms with E-state index in [1.165, 1.54) is 19.7 Å². The van der Waals surface area contributed by atoms with Gasteiger partial charge < -0.3 is 9.73 Å². The number of carbonyl (C=O) groups is 1. The average molecular weight is 183 g/mol. The maximum Gasteiger partial charge on any atom is 0.327 e. The Labute approximate surface area is 74.0 Å². The van der Waals surface area contributed by atoms with Gasteiger partial charge in [-0.05, 0) is 0 Å². The Balaban J connectivity index is 2.38. The quantitative estimate of drug-likeness (QED) is 0.362. The molecular formula is C6H9N5O2. The van der Waals surface area contributed by atoms with Crippen LogP contribution in [-0.4, -0.2) is 24.0 Å². The zero-order valence-corrected chi connectivity index (χ0v) is 6.92. The van der Waals surface area contributed by atoms with Gasteiger partial charge in [-0.25, -0.2) is 4.79 Å². The zero-order chi connectivity index (χ0) is 9.68. The second-order valence-electron chi connectivity index (χ2n) is 2.08. The molecule has 2 amide bonds. The minimum Gasteiger partial charge on any atom is -0.449 e. The molecule has 0 bridgehead atoms. The van der Waals surface area contributed by atoms with Crippen molar-refractivity contribution in [3.05, 3.63) is 12.7 Å². The number of oxazole rings is 1. The highest BCUT2D eigenvalue weighted by molar-refractivity contribution is 6.00.